The molecule has 0 unspecified atom stereocenters. The smallest absolute Gasteiger partial charge is 0.0407 e. The standard InChI is InChI=1S/C6H13N/c1-4-6(2)5-7-3/h6H,3-5H2,1-2H3/t6-/m1/s1. The molecular weight excluding hydrogens is 86.1 g/mol. The summed E-state index contributed by atoms with van der Waals surface area (Å²) in [7, 11) is 0. The van der Waals surface area contributed by atoms with E-state index in [1.807, 2.05) is 0 Å². The minimum absolute atomic E-state index is 0.720. The largest absolute Gasteiger partial charge is 0.301 e. The molecule has 0 saturated heterocycles. The van der Waals surface area contributed by atoms with Crippen LogP contribution in [0.3, 0.4) is 0 Å². The Morgan fingerprint density at radius 1 is 1.71 bits per heavy atom. The number of aliphatic imine (C=N–C) groups is 1. The lowest BCUT2D eigenvalue weighted by molar-refractivity contribution is 0.578. The molecule has 1 heteroatoms. The first kappa shape index (κ1) is 6.67. The predicted molar refractivity (Wildman–Crippen MR) is 33.9 cm³/mol. The molecule has 7 heavy (non-hydrogen) atoms. The lowest BCUT2D eigenvalue weighted by Crippen LogP contribution is -1.94. The van der Waals surface area contributed by atoms with Gasteiger partial charge in [0, 0.05) is 6.54 Å². The molecule has 0 aliphatic heterocycles. The third-order valence-electron chi connectivity index (χ3n) is 1.14. The summed E-state index contributed by atoms with van der Waals surface area (Å²) in [4.78, 5) is 3.76. The molecule has 0 bridgehead atoms. The Hall–Kier alpha value is -0.330. The first-order chi connectivity index (χ1) is 3.31. The Morgan fingerprint density at radius 3 is 2.43 bits per heavy atom. The van der Waals surface area contributed by atoms with E-state index in [0.29, 0.717) is 0 Å². The van der Waals surface area contributed by atoms with E-state index >= 15 is 0 Å². The van der Waals surface area contributed by atoms with E-state index in [0.717, 1.165) is 12.5 Å². The van der Waals surface area contributed by atoms with Crippen LogP contribution in [-0.2, 0) is 0 Å². The van der Waals surface area contributed by atoms with Crippen molar-refractivity contribution < 1.29 is 0 Å². The van der Waals surface area contributed by atoms with Crippen molar-refractivity contribution in [3.05, 3.63) is 0 Å². The van der Waals surface area contributed by atoms with E-state index in [9.17, 15) is 0 Å². The SMILES string of the molecule is C=NC[C@H](C)CC. The van der Waals surface area contributed by atoms with Crippen LogP contribution >= 0.6 is 0 Å². The second-order valence-electron chi connectivity index (χ2n) is 1.92. The maximum absolute atomic E-state index is 3.76. The van der Waals surface area contributed by atoms with Crippen molar-refractivity contribution >= 4 is 6.72 Å². The van der Waals surface area contributed by atoms with Crippen molar-refractivity contribution in [2.24, 2.45) is 10.9 Å². The van der Waals surface area contributed by atoms with Crippen LogP contribution in [0.1, 0.15) is 20.3 Å². The predicted octanol–water partition coefficient (Wildman–Crippen LogP) is 1.73. The molecule has 0 saturated carbocycles. The minimum atomic E-state index is 0.720. The summed E-state index contributed by atoms with van der Waals surface area (Å²) in [5.74, 6) is 0.720. The molecule has 0 aromatic heterocycles. The fourth-order valence-electron chi connectivity index (χ4n) is 0.349. The molecule has 0 N–H and O–H groups in total. The highest BCUT2D eigenvalue weighted by Gasteiger charge is 1.91. The Bertz CT molecular complexity index is 50.1. The summed E-state index contributed by atoms with van der Waals surface area (Å²) < 4.78 is 0. The van der Waals surface area contributed by atoms with Gasteiger partial charge in [-0.2, -0.15) is 0 Å². The van der Waals surface area contributed by atoms with Gasteiger partial charge in [0.1, 0.15) is 0 Å². The monoisotopic (exact) mass is 99.1 g/mol. The summed E-state index contributed by atoms with van der Waals surface area (Å²) in [6.07, 6.45) is 1.21. The van der Waals surface area contributed by atoms with E-state index in [2.05, 4.69) is 25.6 Å². The quantitative estimate of drug-likeness (QED) is 0.478. The van der Waals surface area contributed by atoms with Crippen molar-refractivity contribution in [3.8, 4) is 0 Å². The highest BCUT2D eigenvalue weighted by atomic mass is 14.7. The van der Waals surface area contributed by atoms with Gasteiger partial charge in [-0.3, -0.25) is 0 Å². The third kappa shape index (κ3) is 3.50. The van der Waals surface area contributed by atoms with E-state index in [1.165, 1.54) is 6.42 Å². The first-order valence-electron chi connectivity index (χ1n) is 2.73. The molecule has 0 aromatic rings. The van der Waals surface area contributed by atoms with Crippen LogP contribution < -0.4 is 0 Å². The molecule has 1 atom stereocenters. The molecule has 42 valence electrons. The van der Waals surface area contributed by atoms with Crippen molar-refractivity contribution in [3.63, 3.8) is 0 Å². The van der Waals surface area contributed by atoms with Crippen LogP contribution in [-0.4, -0.2) is 13.3 Å². The van der Waals surface area contributed by atoms with Crippen LogP contribution in [0.4, 0.5) is 0 Å². The molecule has 0 fully saturated rings. The fourth-order valence-corrected chi connectivity index (χ4v) is 0.349. The molecule has 0 spiro atoms. The topological polar surface area (TPSA) is 12.4 Å². The van der Waals surface area contributed by atoms with Crippen molar-refractivity contribution in [2.75, 3.05) is 6.54 Å². The van der Waals surface area contributed by atoms with E-state index in [1.54, 1.807) is 0 Å². The second kappa shape index (κ2) is 3.85. The fraction of sp³-hybridized carbons (Fsp3) is 0.833. The molecule has 0 radical (unpaired) electrons. The van der Waals surface area contributed by atoms with Crippen molar-refractivity contribution in [1.29, 1.82) is 0 Å². The highest BCUT2D eigenvalue weighted by Crippen LogP contribution is 1.98. The second-order valence-corrected chi connectivity index (χ2v) is 1.92. The Balaban J connectivity index is 2.98. The lowest BCUT2D eigenvalue weighted by atomic mass is 10.1. The van der Waals surface area contributed by atoms with E-state index in [-0.39, 0.29) is 0 Å². The highest BCUT2D eigenvalue weighted by molar-refractivity contribution is 5.23. The maximum atomic E-state index is 3.76. The lowest BCUT2D eigenvalue weighted by Gasteiger charge is -1.99. The average molecular weight is 99.2 g/mol. The normalized spacial score (nSPS) is 13.4. The van der Waals surface area contributed by atoms with Crippen LogP contribution in [0.25, 0.3) is 0 Å². The summed E-state index contributed by atoms with van der Waals surface area (Å²) >= 11 is 0. The average Bonchev–Trinajstić information content (AvgIpc) is 1.68. The molecule has 0 heterocycles. The number of nitrogens with zero attached hydrogens (tertiary/aromatic N) is 1. The number of rotatable bonds is 3. The molecule has 0 aliphatic rings. The van der Waals surface area contributed by atoms with Gasteiger partial charge < -0.3 is 4.99 Å². The Labute approximate surface area is 45.5 Å². The maximum Gasteiger partial charge on any atom is 0.0407 e. The minimum Gasteiger partial charge on any atom is -0.301 e. The van der Waals surface area contributed by atoms with Gasteiger partial charge in [0.25, 0.3) is 0 Å². The Morgan fingerprint density at radius 2 is 2.29 bits per heavy atom. The summed E-state index contributed by atoms with van der Waals surface area (Å²) in [5.41, 5.74) is 0. The van der Waals surface area contributed by atoms with Gasteiger partial charge in [-0.15, -0.1) is 0 Å². The van der Waals surface area contributed by atoms with E-state index in [4.69, 9.17) is 0 Å². The molecule has 0 aromatic carbocycles. The van der Waals surface area contributed by atoms with Crippen LogP contribution in [0, 0.1) is 5.92 Å². The van der Waals surface area contributed by atoms with Gasteiger partial charge in [0.2, 0.25) is 0 Å². The zero-order valence-electron chi connectivity index (χ0n) is 5.15. The van der Waals surface area contributed by atoms with E-state index < -0.39 is 0 Å². The first-order valence-corrected chi connectivity index (χ1v) is 2.73. The zero-order chi connectivity index (χ0) is 5.70. The van der Waals surface area contributed by atoms with Gasteiger partial charge in [0.05, 0.1) is 0 Å². The summed E-state index contributed by atoms with van der Waals surface area (Å²) in [6, 6.07) is 0. The molecule has 0 rings (SSSR count). The van der Waals surface area contributed by atoms with Crippen molar-refractivity contribution in [2.45, 2.75) is 20.3 Å². The summed E-state index contributed by atoms with van der Waals surface area (Å²) in [6.45, 7) is 8.65. The zero-order valence-corrected chi connectivity index (χ0v) is 5.15. The van der Waals surface area contributed by atoms with Gasteiger partial charge in [0.15, 0.2) is 0 Å². The number of hydrogen-bond donors (Lipinski definition) is 0. The summed E-state index contributed by atoms with van der Waals surface area (Å²) in [5, 5.41) is 0. The van der Waals surface area contributed by atoms with Gasteiger partial charge >= 0.3 is 0 Å². The third-order valence-corrected chi connectivity index (χ3v) is 1.14. The van der Waals surface area contributed by atoms with Crippen LogP contribution in [0.15, 0.2) is 4.99 Å². The van der Waals surface area contributed by atoms with Crippen LogP contribution in [0.5, 0.6) is 0 Å². The van der Waals surface area contributed by atoms with Gasteiger partial charge in [-0.25, -0.2) is 0 Å². The Kier molecular flexibility index (Phi) is 3.67. The van der Waals surface area contributed by atoms with Crippen LogP contribution in [0.2, 0.25) is 0 Å². The number of hydrogen-bond acceptors (Lipinski definition) is 1. The molecular formula is C6H13N. The molecule has 1 nitrogen and oxygen atoms in total. The molecule has 0 aliphatic carbocycles. The molecule has 0 amide bonds. The van der Waals surface area contributed by atoms with Crippen molar-refractivity contribution in [1.82, 2.24) is 0 Å². The van der Waals surface area contributed by atoms with Gasteiger partial charge in [-0.05, 0) is 12.6 Å². The van der Waals surface area contributed by atoms with Gasteiger partial charge in [-0.1, -0.05) is 20.3 Å².